The van der Waals surface area contributed by atoms with E-state index < -0.39 is 0 Å². The van der Waals surface area contributed by atoms with Gasteiger partial charge in [-0.2, -0.15) is 5.10 Å². The number of hydrogen-bond acceptors (Lipinski definition) is 4. The molecule has 0 saturated heterocycles. The van der Waals surface area contributed by atoms with E-state index in [1.54, 1.807) is 10.7 Å². The summed E-state index contributed by atoms with van der Waals surface area (Å²) in [6.45, 7) is 14.7. The molecule has 6 nitrogen and oxygen atoms in total. The number of amides is 1. The highest BCUT2D eigenvalue weighted by molar-refractivity contribution is 5.94. The first-order valence-electron chi connectivity index (χ1n) is 9.87. The lowest BCUT2D eigenvalue weighted by atomic mass is 10.0. The van der Waals surface area contributed by atoms with Crippen LogP contribution in [0.2, 0.25) is 0 Å². The van der Waals surface area contributed by atoms with Gasteiger partial charge in [0.05, 0.1) is 23.3 Å². The Morgan fingerprint density at radius 2 is 2.00 bits per heavy atom. The first-order valence-corrected chi connectivity index (χ1v) is 9.87. The highest BCUT2D eigenvalue weighted by Crippen LogP contribution is 2.24. The maximum Gasteiger partial charge on any atom is 0.224 e. The molecule has 0 bridgehead atoms. The monoisotopic (exact) mass is 389 g/mol. The topological polar surface area (TPSA) is 71.3 Å². The molecule has 0 spiro atoms. The summed E-state index contributed by atoms with van der Waals surface area (Å²) < 4.78 is 1.77. The van der Waals surface area contributed by atoms with Crippen molar-refractivity contribution < 1.29 is 4.79 Å². The standard InChI is InChI=1S/C21H21N5O.C2H6/c1-13(2)19-11-17(24-20-8-9-23-26(19)20)14(3)22-12-15-4-5-16-6-7-21(27)25-18(16)10-15;1-2/h4-5,8-11,22H,1,3,6-7,12H2,2H3,(H,25,27);1-2H3. The van der Waals surface area contributed by atoms with Crippen LogP contribution < -0.4 is 10.6 Å². The van der Waals surface area contributed by atoms with Gasteiger partial charge in [0.15, 0.2) is 5.65 Å². The lowest BCUT2D eigenvalue weighted by Gasteiger charge is -2.18. The van der Waals surface area contributed by atoms with Crippen LogP contribution in [0.4, 0.5) is 5.69 Å². The van der Waals surface area contributed by atoms with E-state index in [1.165, 1.54) is 5.56 Å². The van der Waals surface area contributed by atoms with Crippen molar-refractivity contribution in [1.29, 1.82) is 0 Å². The van der Waals surface area contributed by atoms with Gasteiger partial charge >= 0.3 is 0 Å². The number of nitrogens with zero attached hydrogens (tertiary/aromatic N) is 3. The molecule has 0 aliphatic carbocycles. The maximum absolute atomic E-state index is 11.6. The van der Waals surface area contributed by atoms with Gasteiger partial charge in [0.1, 0.15) is 0 Å². The van der Waals surface area contributed by atoms with Crippen LogP contribution in [0.5, 0.6) is 0 Å². The average Bonchev–Trinajstić information content (AvgIpc) is 3.21. The van der Waals surface area contributed by atoms with Crippen LogP contribution in [0, 0.1) is 0 Å². The Bertz CT molecular complexity index is 1080. The Morgan fingerprint density at radius 1 is 1.21 bits per heavy atom. The predicted octanol–water partition coefficient (Wildman–Crippen LogP) is 4.43. The smallest absolute Gasteiger partial charge is 0.224 e. The van der Waals surface area contributed by atoms with Gasteiger partial charge in [0.2, 0.25) is 5.91 Å². The lowest BCUT2D eigenvalue weighted by Crippen LogP contribution is -2.19. The van der Waals surface area contributed by atoms with Gasteiger partial charge in [-0.05, 0) is 42.2 Å². The molecule has 2 aromatic heterocycles. The molecular weight excluding hydrogens is 362 g/mol. The molecule has 150 valence electrons. The molecule has 0 saturated carbocycles. The Kier molecular flexibility index (Phi) is 6.12. The molecule has 1 aliphatic rings. The molecule has 3 aromatic rings. The zero-order valence-corrected chi connectivity index (χ0v) is 17.2. The quantitative estimate of drug-likeness (QED) is 0.677. The minimum atomic E-state index is 0.0719. The Labute approximate surface area is 171 Å². The largest absolute Gasteiger partial charge is 0.380 e. The minimum Gasteiger partial charge on any atom is -0.380 e. The lowest BCUT2D eigenvalue weighted by molar-refractivity contribution is -0.116. The van der Waals surface area contributed by atoms with Crippen molar-refractivity contribution in [3.05, 3.63) is 72.2 Å². The number of carbonyl (C=O) groups is 1. The van der Waals surface area contributed by atoms with Gasteiger partial charge in [-0.25, -0.2) is 9.50 Å². The molecule has 3 heterocycles. The minimum absolute atomic E-state index is 0.0719. The summed E-state index contributed by atoms with van der Waals surface area (Å²) in [5, 5.41) is 10.6. The highest BCUT2D eigenvalue weighted by Gasteiger charge is 2.15. The number of benzene rings is 1. The van der Waals surface area contributed by atoms with Gasteiger partial charge in [-0.1, -0.05) is 39.1 Å². The fourth-order valence-electron chi connectivity index (χ4n) is 3.20. The first kappa shape index (κ1) is 20.3. The molecule has 0 fully saturated rings. The predicted molar refractivity (Wildman–Crippen MR) is 118 cm³/mol. The zero-order valence-electron chi connectivity index (χ0n) is 17.2. The van der Waals surface area contributed by atoms with E-state index in [0.717, 1.165) is 46.0 Å². The van der Waals surface area contributed by atoms with Crippen LogP contribution in [-0.2, 0) is 17.8 Å². The summed E-state index contributed by atoms with van der Waals surface area (Å²) in [5.41, 5.74) is 7.20. The number of carbonyl (C=O) groups excluding carboxylic acids is 1. The number of hydrogen-bond donors (Lipinski definition) is 2. The molecule has 4 rings (SSSR count). The van der Waals surface area contributed by atoms with Crippen LogP contribution in [-0.4, -0.2) is 20.5 Å². The number of anilines is 1. The third kappa shape index (κ3) is 4.37. The second kappa shape index (κ2) is 8.73. The molecule has 1 aliphatic heterocycles. The normalized spacial score (nSPS) is 12.4. The fourth-order valence-corrected chi connectivity index (χ4v) is 3.20. The third-order valence-corrected chi connectivity index (χ3v) is 4.68. The van der Waals surface area contributed by atoms with Crippen molar-refractivity contribution in [1.82, 2.24) is 19.9 Å². The number of nitrogens with one attached hydrogen (secondary N) is 2. The van der Waals surface area contributed by atoms with E-state index in [2.05, 4.69) is 46.0 Å². The van der Waals surface area contributed by atoms with E-state index >= 15 is 0 Å². The molecule has 29 heavy (non-hydrogen) atoms. The molecule has 1 aromatic carbocycles. The molecule has 6 heteroatoms. The second-order valence-corrected chi connectivity index (χ2v) is 6.78. The van der Waals surface area contributed by atoms with Crippen molar-refractivity contribution in [2.75, 3.05) is 5.32 Å². The summed E-state index contributed by atoms with van der Waals surface area (Å²) in [6.07, 6.45) is 3.06. The molecule has 0 radical (unpaired) electrons. The van der Waals surface area contributed by atoms with Crippen LogP contribution in [0.25, 0.3) is 16.9 Å². The van der Waals surface area contributed by atoms with E-state index in [0.29, 0.717) is 13.0 Å². The summed E-state index contributed by atoms with van der Waals surface area (Å²) in [4.78, 5) is 16.2. The second-order valence-electron chi connectivity index (χ2n) is 6.78. The maximum atomic E-state index is 11.6. The number of allylic oxidation sites excluding steroid dienone is 1. The van der Waals surface area contributed by atoms with Gasteiger partial charge in [-0.3, -0.25) is 4.79 Å². The van der Waals surface area contributed by atoms with Crippen molar-refractivity contribution in [3.63, 3.8) is 0 Å². The van der Waals surface area contributed by atoms with Crippen LogP contribution in [0.1, 0.15) is 49.7 Å². The molecule has 0 atom stereocenters. The first-order chi connectivity index (χ1) is 14.0. The third-order valence-electron chi connectivity index (χ3n) is 4.68. The van der Waals surface area contributed by atoms with Crippen LogP contribution in [0.15, 0.2) is 49.7 Å². The molecule has 2 N–H and O–H groups in total. The van der Waals surface area contributed by atoms with Gasteiger partial charge < -0.3 is 10.6 Å². The summed E-state index contributed by atoms with van der Waals surface area (Å²) >= 11 is 0. The SMILES string of the molecule is C=C(NCc1ccc2c(c1)NC(=O)CC2)c1cc(C(=C)C)n2nccc2n1.CC. The Hall–Kier alpha value is -3.41. The Balaban J connectivity index is 0.00000117. The summed E-state index contributed by atoms with van der Waals surface area (Å²) in [7, 11) is 0. The van der Waals surface area contributed by atoms with E-state index in [-0.39, 0.29) is 5.91 Å². The molecule has 0 unspecified atom stereocenters. The van der Waals surface area contributed by atoms with Gasteiger partial charge in [0, 0.05) is 24.7 Å². The molecule has 1 amide bonds. The van der Waals surface area contributed by atoms with Gasteiger partial charge in [0.25, 0.3) is 0 Å². The van der Waals surface area contributed by atoms with Crippen molar-refractivity contribution in [3.8, 4) is 0 Å². The highest BCUT2D eigenvalue weighted by atomic mass is 16.1. The number of aromatic nitrogens is 3. The fraction of sp³-hybridized carbons (Fsp3) is 0.261. The van der Waals surface area contributed by atoms with Gasteiger partial charge in [-0.15, -0.1) is 0 Å². The number of rotatable bonds is 5. The van der Waals surface area contributed by atoms with Crippen molar-refractivity contribution >= 4 is 28.5 Å². The van der Waals surface area contributed by atoms with E-state index in [1.807, 2.05) is 39.0 Å². The van der Waals surface area contributed by atoms with Crippen molar-refractivity contribution in [2.24, 2.45) is 0 Å². The molecular formula is C23H27N5O. The number of aryl methyl sites for hydroxylation is 1. The summed E-state index contributed by atoms with van der Waals surface area (Å²) in [5.74, 6) is 0.0719. The Morgan fingerprint density at radius 3 is 2.76 bits per heavy atom. The van der Waals surface area contributed by atoms with E-state index in [9.17, 15) is 4.79 Å². The van der Waals surface area contributed by atoms with Crippen LogP contribution in [0.3, 0.4) is 0 Å². The summed E-state index contributed by atoms with van der Waals surface area (Å²) in [6, 6.07) is 9.95. The van der Waals surface area contributed by atoms with Crippen LogP contribution >= 0.6 is 0 Å². The van der Waals surface area contributed by atoms with Crippen molar-refractivity contribution in [2.45, 2.75) is 40.2 Å². The van der Waals surface area contributed by atoms with E-state index in [4.69, 9.17) is 0 Å². The zero-order chi connectivity index (χ0) is 21.0. The number of fused-ring (bicyclic) bond motifs is 2. The average molecular weight is 390 g/mol.